The number of amides is 1. The van der Waals surface area contributed by atoms with Gasteiger partial charge in [0.1, 0.15) is 0 Å². The summed E-state index contributed by atoms with van der Waals surface area (Å²) in [7, 11) is 0. The molecule has 3 aromatic rings. The zero-order valence-electron chi connectivity index (χ0n) is 15.2. The van der Waals surface area contributed by atoms with Crippen LogP contribution in [0.25, 0.3) is 0 Å². The van der Waals surface area contributed by atoms with Gasteiger partial charge in [0.15, 0.2) is 0 Å². The highest BCUT2D eigenvalue weighted by molar-refractivity contribution is 6.04. The molecule has 4 rings (SSSR count). The zero-order valence-corrected chi connectivity index (χ0v) is 15.2. The molecule has 4 heteroatoms. The SMILES string of the molecule is O=C(Nc1ccc(Nc2ccccc2)cc1)c1cccc(N2CCCC2)c1. The number of hydrogen-bond donors (Lipinski definition) is 2. The van der Waals surface area contributed by atoms with Crippen molar-refractivity contribution in [2.45, 2.75) is 12.8 Å². The summed E-state index contributed by atoms with van der Waals surface area (Å²) in [5.41, 5.74) is 4.61. The molecule has 2 N–H and O–H groups in total. The van der Waals surface area contributed by atoms with Crippen LogP contribution in [0.5, 0.6) is 0 Å². The Morgan fingerprint density at radius 1 is 0.741 bits per heavy atom. The Bertz CT molecular complexity index is 900. The smallest absolute Gasteiger partial charge is 0.255 e. The number of para-hydroxylation sites is 1. The summed E-state index contributed by atoms with van der Waals surface area (Å²) in [5.74, 6) is -0.0835. The summed E-state index contributed by atoms with van der Waals surface area (Å²) in [5, 5.41) is 6.32. The molecule has 27 heavy (non-hydrogen) atoms. The third-order valence-corrected chi connectivity index (χ3v) is 4.78. The van der Waals surface area contributed by atoms with E-state index in [1.54, 1.807) is 0 Å². The molecule has 1 saturated heterocycles. The molecule has 1 aliphatic heterocycles. The molecule has 1 amide bonds. The number of carbonyl (C=O) groups excluding carboxylic acids is 1. The average Bonchev–Trinajstić information content (AvgIpc) is 3.25. The number of hydrogen-bond acceptors (Lipinski definition) is 3. The van der Waals surface area contributed by atoms with Crippen molar-refractivity contribution in [3.63, 3.8) is 0 Å². The fourth-order valence-electron chi connectivity index (χ4n) is 3.35. The summed E-state index contributed by atoms with van der Waals surface area (Å²) in [4.78, 5) is 14.9. The van der Waals surface area contributed by atoms with Gasteiger partial charge in [0.05, 0.1) is 0 Å². The molecule has 4 nitrogen and oxygen atoms in total. The van der Waals surface area contributed by atoms with Gasteiger partial charge in [0.2, 0.25) is 0 Å². The van der Waals surface area contributed by atoms with Crippen LogP contribution in [0.3, 0.4) is 0 Å². The molecular weight excluding hydrogens is 334 g/mol. The minimum Gasteiger partial charge on any atom is -0.372 e. The highest BCUT2D eigenvalue weighted by atomic mass is 16.1. The number of carbonyl (C=O) groups is 1. The van der Waals surface area contributed by atoms with Gasteiger partial charge >= 0.3 is 0 Å². The Morgan fingerprint density at radius 3 is 2.15 bits per heavy atom. The lowest BCUT2D eigenvalue weighted by molar-refractivity contribution is 0.102. The number of nitrogens with one attached hydrogen (secondary N) is 2. The summed E-state index contributed by atoms with van der Waals surface area (Å²) in [6.45, 7) is 2.14. The van der Waals surface area contributed by atoms with Gasteiger partial charge in [-0.2, -0.15) is 0 Å². The molecule has 3 aromatic carbocycles. The van der Waals surface area contributed by atoms with E-state index in [2.05, 4.69) is 21.6 Å². The normalized spacial score (nSPS) is 13.4. The van der Waals surface area contributed by atoms with Crippen LogP contribution in [0.15, 0.2) is 78.9 Å². The van der Waals surface area contributed by atoms with Gasteiger partial charge in [-0.05, 0) is 67.4 Å². The Morgan fingerprint density at radius 2 is 1.41 bits per heavy atom. The molecular formula is C23H23N3O. The predicted molar refractivity (Wildman–Crippen MR) is 112 cm³/mol. The fraction of sp³-hybridized carbons (Fsp3) is 0.174. The van der Waals surface area contributed by atoms with Gasteiger partial charge in [-0.1, -0.05) is 24.3 Å². The van der Waals surface area contributed by atoms with Crippen LogP contribution >= 0.6 is 0 Å². The van der Waals surface area contributed by atoms with E-state index in [4.69, 9.17) is 0 Å². The quantitative estimate of drug-likeness (QED) is 0.653. The van der Waals surface area contributed by atoms with Crippen LogP contribution < -0.4 is 15.5 Å². The third kappa shape index (κ3) is 4.29. The minimum atomic E-state index is -0.0835. The lowest BCUT2D eigenvalue weighted by atomic mass is 10.1. The standard InChI is InChI=1S/C23H23N3O/c27-23(18-7-6-10-22(17-18)26-15-4-5-16-26)25-21-13-11-20(12-14-21)24-19-8-2-1-3-9-19/h1-3,6-14,17,24H,4-5,15-16H2,(H,25,27). The first kappa shape index (κ1) is 17.2. The third-order valence-electron chi connectivity index (χ3n) is 4.78. The molecule has 0 aromatic heterocycles. The van der Waals surface area contributed by atoms with Crippen LogP contribution in [-0.2, 0) is 0 Å². The molecule has 0 unspecified atom stereocenters. The topological polar surface area (TPSA) is 44.4 Å². The average molecular weight is 357 g/mol. The van der Waals surface area contributed by atoms with E-state index in [-0.39, 0.29) is 5.91 Å². The van der Waals surface area contributed by atoms with Crippen molar-refractivity contribution < 1.29 is 4.79 Å². The largest absolute Gasteiger partial charge is 0.372 e. The first-order valence-corrected chi connectivity index (χ1v) is 9.36. The molecule has 0 bridgehead atoms. The zero-order chi connectivity index (χ0) is 18.5. The Kier molecular flexibility index (Phi) is 5.06. The monoisotopic (exact) mass is 357 g/mol. The van der Waals surface area contributed by atoms with Crippen molar-refractivity contribution in [3.8, 4) is 0 Å². The maximum Gasteiger partial charge on any atom is 0.255 e. The second-order valence-corrected chi connectivity index (χ2v) is 6.77. The van der Waals surface area contributed by atoms with Crippen LogP contribution in [-0.4, -0.2) is 19.0 Å². The lowest BCUT2D eigenvalue weighted by Crippen LogP contribution is -2.18. The van der Waals surface area contributed by atoms with Gasteiger partial charge in [-0.15, -0.1) is 0 Å². The van der Waals surface area contributed by atoms with Crippen LogP contribution in [0.1, 0.15) is 23.2 Å². The summed E-state index contributed by atoms with van der Waals surface area (Å²) in [6.07, 6.45) is 2.44. The van der Waals surface area contributed by atoms with Gasteiger partial charge in [0.25, 0.3) is 5.91 Å². The Balaban J connectivity index is 1.41. The van der Waals surface area contributed by atoms with E-state index in [9.17, 15) is 4.79 Å². The van der Waals surface area contributed by atoms with Gasteiger partial charge in [-0.3, -0.25) is 4.79 Å². The number of nitrogens with zero attached hydrogens (tertiary/aromatic N) is 1. The van der Waals surface area contributed by atoms with Crippen molar-refractivity contribution in [1.82, 2.24) is 0 Å². The second kappa shape index (κ2) is 7.96. The maximum atomic E-state index is 12.6. The molecule has 0 radical (unpaired) electrons. The second-order valence-electron chi connectivity index (χ2n) is 6.77. The molecule has 0 atom stereocenters. The van der Waals surface area contributed by atoms with Crippen molar-refractivity contribution in [1.29, 1.82) is 0 Å². The van der Waals surface area contributed by atoms with Crippen molar-refractivity contribution in [3.05, 3.63) is 84.4 Å². The first-order valence-electron chi connectivity index (χ1n) is 9.36. The van der Waals surface area contributed by atoms with E-state index in [0.717, 1.165) is 35.8 Å². The lowest BCUT2D eigenvalue weighted by Gasteiger charge is -2.18. The highest BCUT2D eigenvalue weighted by Crippen LogP contribution is 2.22. The van der Waals surface area contributed by atoms with Gasteiger partial charge in [0, 0.05) is 41.4 Å². The first-order chi connectivity index (χ1) is 13.3. The number of anilines is 4. The van der Waals surface area contributed by atoms with Crippen molar-refractivity contribution in [2.75, 3.05) is 28.6 Å². The molecule has 1 heterocycles. The minimum absolute atomic E-state index is 0.0835. The van der Waals surface area contributed by atoms with E-state index in [1.165, 1.54) is 12.8 Å². The molecule has 0 aliphatic carbocycles. The van der Waals surface area contributed by atoms with E-state index >= 15 is 0 Å². The Hall–Kier alpha value is -3.27. The van der Waals surface area contributed by atoms with Gasteiger partial charge in [-0.25, -0.2) is 0 Å². The molecule has 0 spiro atoms. The van der Waals surface area contributed by atoms with Crippen LogP contribution in [0.2, 0.25) is 0 Å². The predicted octanol–water partition coefficient (Wildman–Crippen LogP) is 5.28. The van der Waals surface area contributed by atoms with Crippen molar-refractivity contribution in [2.24, 2.45) is 0 Å². The fourth-order valence-corrected chi connectivity index (χ4v) is 3.35. The molecule has 1 fully saturated rings. The molecule has 0 saturated carbocycles. The van der Waals surface area contributed by atoms with Crippen LogP contribution in [0, 0.1) is 0 Å². The van der Waals surface area contributed by atoms with Gasteiger partial charge < -0.3 is 15.5 Å². The molecule has 136 valence electrons. The van der Waals surface area contributed by atoms with E-state index in [0.29, 0.717) is 5.56 Å². The maximum absolute atomic E-state index is 12.6. The van der Waals surface area contributed by atoms with E-state index < -0.39 is 0 Å². The van der Waals surface area contributed by atoms with Crippen molar-refractivity contribution >= 4 is 28.7 Å². The highest BCUT2D eigenvalue weighted by Gasteiger charge is 2.14. The number of rotatable bonds is 5. The Labute approximate surface area is 159 Å². The summed E-state index contributed by atoms with van der Waals surface area (Å²) >= 11 is 0. The molecule has 1 aliphatic rings. The van der Waals surface area contributed by atoms with E-state index in [1.807, 2.05) is 72.8 Å². The number of benzene rings is 3. The summed E-state index contributed by atoms with van der Waals surface area (Å²) < 4.78 is 0. The summed E-state index contributed by atoms with van der Waals surface area (Å²) in [6, 6.07) is 25.6. The van der Waals surface area contributed by atoms with Crippen LogP contribution in [0.4, 0.5) is 22.7 Å².